The van der Waals surface area contributed by atoms with Crippen molar-refractivity contribution in [2.24, 2.45) is 5.73 Å². The third-order valence-electron chi connectivity index (χ3n) is 2.09. The Morgan fingerprint density at radius 2 is 1.80 bits per heavy atom. The lowest BCUT2D eigenvalue weighted by molar-refractivity contribution is -0.127. The van der Waals surface area contributed by atoms with E-state index in [-0.39, 0.29) is 6.42 Å². The predicted molar refractivity (Wildman–Crippen MR) is 73.9 cm³/mol. The Bertz CT molecular complexity index is 352. The van der Waals surface area contributed by atoms with Gasteiger partial charge in [0.05, 0.1) is 6.42 Å². The summed E-state index contributed by atoms with van der Waals surface area (Å²) in [7, 11) is 1.74. The number of amides is 3. The molecule has 116 valence electrons. The Morgan fingerprint density at radius 3 is 2.25 bits per heavy atom. The molecule has 3 amide bonds. The largest absolute Gasteiger partial charge is 0.444 e. The minimum Gasteiger partial charge on any atom is -0.444 e. The van der Waals surface area contributed by atoms with E-state index in [0.29, 0.717) is 13.1 Å². The van der Waals surface area contributed by atoms with E-state index >= 15 is 0 Å². The number of nitrogens with two attached hydrogens (primary N) is 1. The fourth-order valence-electron chi connectivity index (χ4n) is 1.29. The van der Waals surface area contributed by atoms with Crippen LogP contribution in [0.25, 0.3) is 0 Å². The fourth-order valence-corrected chi connectivity index (χ4v) is 1.29. The Labute approximate surface area is 118 Å². The van der Waals surface area contributed by atoms with Gasteiger partial charge in [0.2, 0.25) is 11.8 Å². The van der Waals surface area contributed by atoms with Crippen LogP contribution in [-0.2, 0) is 14.3 Å². The van der Waals surface area contributed by atoms with Crippen molar-refractivity contribution in [1.29, 1.82) is 0 Å². The molecular formula is C12H24N4O4. The Hall–Kier alpha value is -1.83. The number of alkyl carbamates (subject to hydrolysis) is 1. The number of rotatable bonds is 7. The van der Waals surface area contributed by atoms with E-state index in [2.05, 4.69) is 16.0 Å². The van der Waals surface area contributed by atoms with Crippen molar-refractivity contribution in [1.82, 2.24) is 16.0 Å². The molecule has 5 N–H and O–H groups in total. The smallest absolute Gasteiger partial charge is 0.408 e. The van der Waals surface area contributed by atoms with E-state index in [1.165, 1.54) is 0 Å². The molecule has 0 aliphatic carbocycles. The number of likely N-dealkylation sites (N-methyl/N-ethyl adjacent to an activating group) is 1. The molecule has 0 aliphatic heterocycles. The van der Waals surface area contributed by atoms with Gasteiger partial charge in [0.1, 0.15) is 11.6 Å². The molecule has 20 heavy (non-hydrogen) atoms. The zero-order chi connectivity index (χ0) is 15.8. The Morgan fingerprint density at radius 1 is 1.20 bits per heavy atom. The van der Waals surface area contributed by atoms with Crippen molar-refractivity contribution in [3.05, 3.63) is 0 Å². The van der Waals surface area contributed by atoms with Crippen molar-refractivity contribution in [2.75, 3.05) is 20.1 Å². The molecule has 1 atom stereocenters. The van der Waals surface area contributed by atoms with Crippen LogP contribution in [0.15, 0.2) is 0 Å². The van der Waals surface area contributed by atoms with Gasteiger partial charge >= 0.3 is 6.09 Å². The highest BCUT2D eigenvalue weighted by Crippen LogP contribution is 2.07. The highest BCUT2D eigenvalue weighted by atomic mass is 16.6. The van der Waals surface area contributed by atoms with Gasteiger partial charge in [0.15, 0.2) is 0 Å². The quantitative estimate of drug-likeness (QED) is 0.452. The van der Waals surface area contributed by atoms with E-state index in [9.17, 15) is 14.4 Å². The Balaban J connectivity index is 4.51. The molecule has 0 saturated carbocycles. The second-order valence-electron chi connectivity index (χ2n) is 5.26. The maximum atomic E-state index is 11.8. The molecule has 0 fully saturated rings. The predicted octanol–water partition coefficient (Wildman–Crippen LogP) is -0.909. The van der Waals surface area contributed by atoms with Gasteiger partial charge in [-0.25, -0.2) is 4.79 Å². The van der Waals surface area contributed by atoms with Crippen LogP contribution >= 0.6 is 0 Å². The molecule has 0 aromatic heterocycles. The lowest BCUT2D eigenvalue weighted by Crippen LogP contribution is -2.50. The zero-order valence-corrected chi connectivity index (χ0v) is 12.4. The summed E-state index contributed by atoms with van der Waals surface area (Å²) in [5.41, 5.74) is 4.38. The summed E-state index contributed by atoms with van der Waals surface area (Å²) in [5.74, 6) is -1.17. The molecule has 8 nitrogen and oxygen atoms in total. The first-order valence-electron chi connectivity index (χ1n) is 6.36. The summed E-state index contributed by atoms with van der Waals surface area (Å²) in [5, 5.41) is 7.77. The average molecular weight is 288 g/mol. The first-order chi connectivity index (χ1) is 9.15. The molecule has 0 unspecified atom stereocenters. The van der Waals surface area contributed by atoms with E-state index in [1.54, 1.807) is 27.8 Å². The summed E-state index contributed by atoms with van der Waals surface area (Å²) in [6.07, 6.45) is -1.06. The molecule has 0 saturated heterocycles. The molecule has 8 heteroatoms. The van der Waals surface area contributed by atoms with Crippen molar-refractivity contribution in [2.45, 2.75) is 38.8 Å². The number of hydrogen-bond acceptors (Lipinski definition) is 5. The first-order valence-corrected chi connectivity index (χ1v) is 6.36. The minimum absolute atomic E-state index is 0.287. The van der Waals surface area contributed by atoms with Gasteiger partial charge in [-0.2, -0.15) is 0 Å². The van der Waals surface area contributed by atoms with Crippen LogP contribution < -0.4 is 21.7 Å². The van der Waals surface area contributed by atoms with E-state index in [1.807, 2.05) is 0 Å². The lowest BCUT2D eigenvalue weighted by atomic mass is 10.2. The second-order valence-corrected chi connectivity index (χ2v) is 5.26. The zero-order valence-electron chi connectivity index (χ0n) is 12.4. The number of hydrogen-bond donors (Lipinski definition) is 4. The van der Waals surface area contributed by atoms with Crippen molar-refractivity contribution < 1.29 is 19.1 Å². The van der Waals surface area contributed by atoms with Gasteiger partial charge in [-0.1, -0.05) is 0 Å². The van der Waals surface area contributed by atoms with Crippen LogP contribution in [0.1, 0.15) is 27.2 Å². The molecule has 0 bridgehead atoms. The molecule has 0 aliphatic rings. The van der Waals surface area contributed by atoms with Gasteiger partial charge in [-0.15, -0.1) is 0 Å². The van der Waals surface area contributed by atoms with Gasteiger partial charge < -0.3 is 26.4 Å². The van der Waals surface area contributed by atoms with Crippen LogP contribution in [0.2, 0.25) is 0 Å². The average Bonchev–Trinajstić information content (AvgIpc) is 2.25. The molecule has 0 aromatic rings. The van der Waals surface area contributed by atoms with Crippen molar-refractivity contribution in [3.8, 4) is 0 Å². The van der Waals surface area contributed by atoms with Crippen LogP contribution in [0.3, 0.4) is 0 Å². The molecule has 0 aromatic carbocycles. The van der Waals surface area contributed by atoms with E-state index in [0.717, 1.165) is 0 Å². The normalized spacial score (nSPS) is 12.4. The molecule has 0 rings (SSSR count). The Kier molecular flexibility index (Phi) is 7.60. The van der Waals surface area contributed by atoms with Crippen LogP contribution in [-0.4, -0.2) is 49.7 Å². The summed E-state index contributed by atoms with van der Waals surface area (Å²) < 4.78 is 5.03. The van der Waals surface area contributed by atoms with Gasteiger partial charge in [0, 0.05) is 13.1 Å². The van der Waals surface area contributed by atoms with Crippen LogP contribution in [0.5, 0.6) is 0 Å². The maximum Gasteiger partial charge on any atom is 0.408 e. The SMILES string of the molecule is CNCCNC(=O)[C@@H](CC(N)=O)NC(=O)OC(C)(C)C. The van der Waals surface area contributed by atoms with Crippen LogP contribution in [0.4, 0.5) is 4.79 Å². The number of primary amides is 1. The topological polar surface area (TPSA) is 123 Å². The van der Waals surface area contributed by atoms with E-state index in [4.69, 9.17) is 10.5 Å². The first kappa shape index (κ1) is 18.2. The lowest BCUT2D eigenvalue weighted by Gasteiger charge is -2.22. The number of carbonyl (C=O) groups excluding carboxylic acids is 3. The van der Waals surface area contributed by atoms with Crippen LogP contribution in [0, 0.1) is 0 Å². The standard InChI is InChI=1S/C12H24N4O4/c1-12(2,3)20-11(19)16-8(7-9(13)17)10(18)15-6-5-14-4/h8,14H,5-7H2,1-4H3,(H2,13,17)(H,15,18)(H,16,19)/t8-/m1/s1. The molecule has 0 spiro atoms. The van der Waals surface area contributed by atoms with Crippen molar-refractivity contribution >= 4 is 17.9 Å². The maximum absolute atomic E-state index is 11.8. The summed E-state index contributed by atoms with van der Waals surface area (Å²) in [4.78, 5) is 34.4. The number of nitrogens with one attached hydrogen (secondary N) is 3. The van der Waals surface area contributed by atoms with Gasteiger partial charge in [-0.05, 0) is 27.8 Å². The van der Waals surface area contributed by atoms with Gasteiger partial charge in [0.25, 0.3) is 0 Å². The highest BCUT2D eigenvalue weighted by Gasteiger charge is 2.25. The third kappa shape index (κ3) is 9.15. The van der Waals surface area contributed by atoms with E-state index < -0.39 is 29.6 Å². The highest BCUT2D eigenvalue weighted by molar-refractivity contribution is 5.90. The molecule has 0 heterocycles. The van der Waals surface area contributed by atoms with Gasteiger partial charge in [-0.3, -0.25) is 9.59 Å². The van der Waals surface area contributed by atoms with Crippen molar-refractivity contribution in [3.63, 3.8) is 0 Å². The monoisotopic (exact) mass is 288 g/mol. The minimum atomic E-state index is -1.04. The summed E-state index contributed by atoms with van der Waals surface area (Å²) >= 11 is 0. The summed E-state index contributed by atoms with van der Waals surface area (Å²) in [6.45, 7) is 6.04. The third-order valence-corrected chi connectivity index (χ3v) is 2.09. The summed E-state index contributed by atoms with van der Waals surface area (Å²) in [6, 6.07) is -1.04. The molecule has 0 radical (unpaired) electrons. The number of carbonyl (C=O) groups is 3. The second kappa shape index (κ2) is 8.36. The fraction of sp³-hybridized carbons (Fsp3) is 0.750. The number of ether oxygens (including phenoxy) is 1. The molecular weight excluding hydrogens is 264 g/mol.